The van der Waals surface area contributed by atoms with Gasteiger partial charge in [-0.3, -0.25) is 0 Å². The Kier molecular flexibility index (Phi) is 4.29. The van der Waals surface area contributed by atoms with Crippen molar-refractivity contribution >= 4 is 29.4 Å². The molecule has 0 spiro atoms. The van der Waals surface area contributed by atoms with Crippen LogP contribution in [0, 0.1) is 0 Å². The summed E-state index contributed by atoms with van der Waals surface area (Å²) in [6, 6.07) is 16.4. The van der Waals surface area contributed by atoms with Crippen LogP contribution in [0.25, 0.3) is 6.08 Å². The lowest BCUT2D eigenvalue weighted by molar-refractivity contribution is 1.38. The van der Waals surface area contributed by atoms with E-state index in [-0.39, 0.29) is 0 Å². The average molecular weight is 261 g/mol. The monoisotopic (exact) mass is 260 g/mol. The summed E-state index contributed by atoms with van der Waals surface area (Å²) in [6.07, 6.45) is 1.86. The topological polar surface area (TPSA) is 0 Å². The van der Waals surface area contributed by atoms with Crippen LogP contribution >= 0.6 is 23.4 Å². The van der Waals surface area contributed by atoms with E-state index in [1.165, 1.54) is 10.5 Å². The lowest BCUT2D eigenvalue weighted by Gasteiger charge is -2.03. The van der Waals surface area contributed by atoms with Crippen LogP contribution in [0.5, 0.6) is 0 Å². The van der Waals surface area contributed by atoms with Crippen molar-refractivity contribution in [2.75, 3.05) is 0 Å². The van der Waals surface area contributed by atoms with E-state index in [2.05, 4.69) is 30.8 Å². The van der Waals surface area contributed by atoms with Crippen LogP contribution in [0.2, 0.25) is 5.02 Å². The zero-order chi connectivity index (χ0) is 12.1. The van der Waals surface area contributed by atoms with Crippen molar-refractivity contribution in [3.63, 3.8) is 0 Å². The second-order valence-electron chi connectivity index (χ2n) is 3.69. The van der Waals surface area contributed by atoms with E-state index in [1.54, 1.807) is 0 Å². The van der Waals surface area contributed by atoms with Gasteiger partial charge in [0.15, 0.2) is 0 Å². The molecule has 0 aliphatic heterocycles. The second kappa shape index (κ2) is 5.95. The molecule has 0 aromatic heterocycles. The summed E-state index contributed by atoms with van der Waals surface area (Å²) in [6.45, 7) is 3.74. The Balaban J connectivity index is 1.97. The molecule has 2 aromatic rings. The highest BCUT2D eigenvalue weighted by Crippen LogP contribution is 2.24. The Labute approximate surface area is 111 Å². The molecule has 0 aliphatic rings. The summed E-state index contributed by atoms with van der Waals surface area (Å²) >= 11 is 7.65. The fourth-order valence-electron chi connectivity index (χ4n) is 1.45. The van der Waals surface area contributed by atoms with Crippen molar-refractivity contribution in [1.29, 1.82) is 0 Å². The zero-order valence-corrected chi connectivity index (χ0v) is 11.0. The standard InChI is InChI=1S/C15H13ClS/c1-2-12-3-5-13(6-4-12)11-17-15-9-7-14(16)8-10-15/h2-10H,1,11H2. The smallest absolute Gasteiger partial charge is 0.0406 e. The highest BCUT2D eigenvalue weighted by atomic mass is 35.5. The van der Waals surface area contributed by atoms with Crippen molar-refractivity contribution in [1.82, 2.24) is 0 Å². The Morgan fingerprint density at radius 1 is 1.00 bits per heavy atom. The number of thioether (sulfide) groups is 1. The molecule has 0 unspecified atom stereocenters. The van der Waals surface area contributed by atoms with Crippen molar-refractivity contribution in [2.24, 2.45) is 0 Å². The molecule has 2 aromatic carbocycles. The summed E-state index contributed by atoms with van der Waals surface area (Å²) in [5, 5.41) is 0.782. The minimum atomic E-state index is 0.782. The first-order valence-corrected chi connectivity index (χ1v) is 6.74. The fourth-order valence-corrected chi connectivity index (χ4v) is 2.43. The Morgan fingerprint density at radius 2 is 1.65 bits per heavy atom. The van der Waals surface area contributed by atoms with Gasteiger partial charge in [-0.05, 0) is 35.4 Å². The molecule has 86 valence electrons. The number of rotatable bonds is 4. The molecule has 0 saturated heterocycles. The van der Waals surface area contributed by atoms with E-state index in [4.69, 9.17) is 11.6 Å². The van der Waals surface area contributed by atoms with Crippen LogP contribution in [0.1, 0.15) is 11.1 Å². The molecule has 2 heteroatoms. The van der Waals surface area contributed by atoms with Gasteiger partial charge in [-0.1, -0.05) is 48.5 Å². The minimum Gasteiger partial charge on any atom is -0.121 e. The first-order valence-electron chi connectivity index (χ1n) is 5.37. The summed E-state index contributed by atoms with van der Waals surface area (Å²) in [5.74, 6) is 0.971. The van der Waals surface area contributed by atoms with Crippen molar-refractivity contribution in [2.45, 2.75) is 10.6 Å². The Bertz CT molecular complexity index is 485. The molecule has 17 heavy (non-hydrogen) atoms. The predicted molar refractivity (Wildman–Crippen MR) is 77.5 cm³/mol. The molecular weight excluding hydrogens is 248 g/mol. The highest BCUT2D eigenvalue weighted by molar-refractivity contribution is 7.98. The van der Waals surface area contributed by atoms with Crippen molar-refractivity contribution in [3.8, 4) is 0 Å². The third-order valence-electron chi connectivity index (χ3n) is 2.43. The van der Waals surface area contributed by atoms with Gasteiger partial charge < -0.3 is 0 Å². The molecule has 0 atom stereocenters. The zero-order valence-electron chi connectivity index (χ0n) is 9.40. The van der Waals surface area contributed by atoms with E-state index < -0.39 is 0 Å². The number of benzene rings is 2. The Hall–Kier alpha value is -1.18. The van der Waals surface area contributed by atoms with Gasteiger partial charge in [-0.25, -0.2) is 0 Å². The third-order valence-corrected chi connectivity index (χ3v) is 3.77. The maximum absolute atomic E-state index is 5.84. The minimum absolute atomic E-state index is 0.782. The molecule has 0 heterocycles. The Morgan fingerprint density at radius 3 is 2.24 bits per heavy atom. The molecule has 0 saturated carbocycles. The fraction of sp³-hybridized carbons (Fsp3) is 0.0667. The molecular formula is C15H13ClS. The summed E-state index contributed by atoms with van der Waals surface area (Å²) < 4.78 is 0. The molecule has 0 N–H and O–H groups in total. The van der Waals surface area contributed by atoms with Crippen molar-refractivity contribution in [3.05, 3.63) is 71.3 Å². The molecule has 0 aliphatic carbocycles. The molecule has 0 nitrogen and oxygen atoms in total. The van der Waals surface area contributed by atoms with Gasteiger partial charge in [0.2, 0.25) is 0 Å². The van der Waals surface area contributed by atoms with Crippen molar-refractivity contribution < 1.29 is 0 Å². The molecule has 0 bridgehead atoms. The van der Waals surface area contributed by atoms with Gasteiger partial charge in [0, 0.05) is 15.7 Å². The molecule has 2 rings (SSSR count). The number of hydrogen-bond acceptors (Lipinski definition) is 1. The largest absolute Gasteiger partial charge is 0.121 e. The first kappa shape index (κ1) is 12.3. The molecule has 0 radical (unpaired) electrons. The maximum Gasteiger partial charge on any atom is 0.0406 e. The quantitative estimate of drug-likeness (QED) is 0.675. The lowest BCUT2D eigenvalue weighted by Crippen LogP contribution is -1.81. The molecule has 0 fully saturated rings. The van der Waals surface area contributed by atoms with Gasteiger partial charge in [-0.2, -0.15) is 0 Å². The van der Waals surface area contributed by atoms with E-state index in [1.807, 2.05) is 42.1 Å². The van der Waals surface area contributed by atoms with Crippen LogP contribution in [0.3, 0.4) is 0 Å². The van der Waals surface area contributed by atoms with E-state index >= 15 is 0 Å². The van der Waals surface area contributed by atoms with Crippen LogP contribution in [-0.4, -0.2) is 0 Å². The molecule has 0 amide bonds. The second-order valence-corrected chi connectivity index (χ2v) is 5.17. The van der Waals surface area contributed by atoms with Gasteiger partial charge in [0.1, 0.15) is 0 Å². The third kappa shape index (κ3) is 3.65. The number of hydrogen-bond donors (Lipinski definition) is 0. The van der Waals surface area contributed by atoms with E-state index in [0.717, 1.165) is 16.3 Å². The normalized spacial score (nSPS) is 10.2. The van der Waals surface area contributed by atoms with Gasteiger partial charge in [0.05, 0.1) is 0 Å². The maximum atomic E-state index is 5.84. The summed E-state index contributed by atoms with van der Waals surface area (Å²) in [7, 11) is 0. The summed E-state index contributed by atoms with van der Waals surface area (Å²) in [5.41, 5.74) is 2.47. The van der Waals surface area contributed by atoms with Gasteiger partial charge in [0.25, 0.3) is 0 Å². The van der Waals surface area contributed by atoms with E-state index in [0.29, 0.717) is 0 Å². The first-order chi connectivity index (χ1) is 8.28. The highest BCUT2D eigenvalue weighted by Gasteiger charge is 1.96. The SMILES string of the molecule is C=Cc1ccc(CSc2ccc(Cl)cc2)cc1. The van der Waals surface area contributed by atoms with Gasteiger partial charge >= 0.3 is 0 Å². The number of halogens is 1. The van der Waals surface area contributed by atoms with Crippen LogP contribution < -0.4 is 0 Å². The van der Waals surface area contributed by atoms with Crippen LogP contribution in [-0.2, 0) is 5.75 Å². The predicted octanol–water partition coefficient (Wildman–Crippen LogP) is 5.28. The van der Waals surface area contributed by atoms with E-state index in [9.17, 15) is 0 Å². The van der Waals surface area contributed by atoms with Crippen LogP contribution in [0.15, 0.2) is 60.0 Å². The average Bonchev–Trinajstić information content (AvgIpc) is 2.39. The van der Waals surface area contributed by atoms with Crippen LogP contribution in [0.4, 0.5) is 0 Å². The van der Waals surface area contributed by atoms with Gasteiger partial charge in [-0.15, -0.1) is 11.8 Å². The lowest BCUT2D eigenvalue weighted by atomic mass is 10.1. The summed E-state index contributed by atoms with van der Waals surface area (Å²) in [4.78, 5) is 1.24.